The number of carbonyl (C=O) groups is 2. The molecule has 0 aliphatic carbocycles. The number of aliphatic hydroxyl groups is 1. The number of amides is 1. The van der Waals surface area contributed by atoms with Crippen LogP contribution in [-0.2, 0) is 16.6 Å². The van der Waals surface area contributed by atoms with E-state index < -0.39 is 28.1 Å². The van der Waals surface area contributed by atoms with Gasteiger partial charge in [0.1, 0.15) is 6.10 Å². The van der Waals surface area contributed by atoms with Crippen molar-refractivity contribution < 1.29 is 33.0 Å². The van der Waals surface area contributed by atoms with Gasteiger partial charge in [0.05, 0.1) is 34.4 Å². The van der Waals surface area contributed by atoms with Gasteiger partial charge in [-0.05, 0) is 55.9 Å². The van der Waals surface area contributed by atoms with Crippen molar-refractivity contribution in [3.63, 3.8) is 0 Å². The molecular formula is C30H35N3O7S. The highest BCUT2D eigenvalue weighted by molar-refractivity contribution is 7.92. The van der Waals surface area contributed by atoms with Crippen LogP contribution in [0.4, 0.5) is 5.69 Å². The van der Waals surface area contributed by atoms with Crippen molar-refractivity contribution >= 4 is 27.6 Å². The topological polar surface area (TPSA) is 136 Å². The van der Waals surface area contributed by atoms with Gasteiger partial charge in [-0.15, -0.1) is 0 Å². The number of hydrogen-bond acceptors (Lipinski definition) is 7. The predicted molar refractivity (Wildman–Crippen MR) is 155 cm³/mol. The average molecular weight is 582 g/mol. The summed E-state index contributed by atoms with van der Waals surface area (Å²) in [5, 5.41) is 19.1. The van der Waals surface area contributed by atoms with E-state index in [1.54, 1.807) is 72.5 Å². The maximum Gasteiger partial charge on any atom is 0.335 e. The molecule has 10 nitrogen and oxygen atoms in total. The number of nitrogens with zero attached hydrogens (tertiary/aromatic N) is 2. The first-order valence-corrected chi connectivity index (χ1v) is 14.8. The number of carboxylic acids is 1. The molecule has 4 rings (SSSR count). The Bertz CT molecular complexity index is 1480. The Morgan fingerprint density at radius 3 is 2.41 bits per heavy atom. The van der Waals surface area contributed by atoms with Crippen LogP contribution in [0.3, 0.4) is 0 Å². The smallest absolute Gasteiger partial charge is 0.335 e. The van der Waals surface area contributed by atoms with Crippen LogP contribution >= 0.6 is 0 Å². The predicted octanol–water partition coefficient (Wildman–Crippen LogP) is 3.54. The van der Waals surface area contributed by atoms with Crippen LogP contribution in [0.2, 0.25) is 0 Å². The molecule has 1 aliphatic heterocycles. The largest absolute Gasteiger partial charge is 0.486 e. The van der Waals surface area contributed by atoms with Gasteiger partial charge in [-0.25, -0.2) is 13.2 Å². The van der Waals surface area contributed by atoms with Gasteiger partial charge in [0.2, 0.25) is 0 Å². The molecule has 1 amide bonds. The third-order valence-electron chi connectivity index (χ3n) is 7.13. The number of anilines is 1. The summed E-state index contributed by atoms with van der Waals surface area (Å²) >= 11 is 0. The minimum Gasteiger partial charge on any atom is -0.486 e. The maximum atomic E-state index is 13.7. The van der Waals surface area contributed by atoms with Gasteiger partial charge in [-0.2, -0.15) is 0 Å². The Morgan fingerprint density at radius 1 is 1.10 bits per heavy atom. The lowest BCUT2D eigenvalue weighted by Crippen LogP contribution is -2.49. The van der Waals surface area contributed by atoms with E-state index in [1.165, 1.54) is 12.1 Å². The fourth-order valence-electron chi connectivity index (χ4n) is 4.78. The summed E-state index contributed by atoms with van der Waals surface area (Å²) in [6, 6.07) is 18.9. The Labute approximate surface area is 240 Å². The summed E-state index contributed by atoms with van der Waals surface area (Å²) in [6.07, 6.45) is -0.457. The van der Waals surface area contributed by atoms with E-state index in [4.69, 9.17) is 4.74 Å². The Kier molecular flexibility index (Phi) is 9.31. The second-order valence-electron chi connectivity index (χ2n) is 10.4. The molecule has 218 valence electrons. The fraction of sp³-hybridized carbons (Fsp3) is 0.333. The van der Waals surface area contributed by atoms with Crippen LogP contribution in [-0.4, -0.2) is 79.2 Å². The Balaban J connectivity index is 1.67. The van der Waals surface area contributed by atoms with Gasteiger partial charge in [-0.3, -0.25) is 14.4 Å². The van der Waals surface area contributed by atoms with E-state index in [2.05, 4.69) is 4.72 Å². The summed E-state index contributed by atoms with van der Waals surface area (Å²) < 4.78 is 35.5. The number of aliphatic hydroxyl groups excluding tert-OH is 1. The number of fused-ring (bicyclic) bond motifs is 1. The van der Waals surface area contributed by atoms with Crippen LogP contribution in [0, 0.1) is 5.92 Å². The van der Waals surface area contributed by atoms with Gasteiger partial charge in [-0.1, -0.05) is 43.3 Å². The highest BCUT2D eigenvalue weighted by Gasteiger charge is 2.35. The van der Waals surface area contributed by atoms with Crippen molar-refractivity contribution in [2.75, 3.05) is 31.5 Å². The van der Waals surface area contributed by atoms with Gasteiger partial charge in [0.15, 0.2) is 5.75 Å². The first-order valence-electron chi connectivity index (χ1n) is 13.3. The summed E-state index contributed by atoms with van der Waals surface area (Å²) in [7, 11) is -2.06. The number of benzene rings is 3. The van der Waals surface area contributed by atoms with Gasteiger partial charge < -0.3 is 19.8 Å². The van der Waals surface area contributed by atoms with Crippen molar-refractivity contribution in [3.8, 4) is 5.75 Å². The molecular weight excluding hydrogens is 546 g/mol. The molecule has 3 aromatic rings. The summed E-state index contributed by atoms with van der Waals surface area (Å²) in [5.74, 6) is -1.41. The second kappa shape index (κ2) is 12.7. The van der Waals surface area contributed by atoms with Crippen molar-refractivity contribution in [2.24, 2.45) is 5.92 Å². The normalized spacial score (nSPS) is 18.2. The highest BCUT2D eigenvalue weighted by Crippen LogP contribution is 2.36. The summed E-state index contributed by atoms with van der Waals surface area (Å²) in [6.45, 7) is 4.74. The molecule has 0 saturated carbocycles. The monoisotopic (exact) mass is 581 g/mol. The van der Waals surface area contributed by atoms with E-state index >= 15 is 0 Å². The van der Waals surface area contributed by atoms with E-state index in [0.717, 1.165) is 5.56 Å². The Hall–Kier alpha value is -3.93. The molecule has 0 radical (unpaired) electrons. The quantitative estimate of drug-likeness (QED) is 0.331. The van der Waals surface area contributed by atoms with Crippen molar-refractivity contribution in [1.29, 1.82) is 0 Å². The Morgan fingerprint density at radius 2 is 1.78 bits per heavy atom. The fourth-order valence-corrected chi connectivity index (χ4v) is 5.86. The molecule has 11 heteroatoms. The summed E-state index contributed by atoms with van der Waals surface area (Å²) in [4.78, 5) is 28.6. The van der Waals surface area contributed by atoms with Crippen LogP contribution in [0.5, 0.6) is 5.75 Å². The van der Waals surface area contributed by atoms with E-state index in [1.807, 2.05) is 18.9 Å². The number of carboxylic acid groups (broad SMARTS) is 1. The molecule has 3 aromatic carbocycles. The van der Waals surface area contributed by atoms with Crippen molar-refractivity contribution in [2.45, 2.75) is 37.4 Å². The second-order valence-corrected chi connectivity index (χ2v) is 12.1. The SMILES string of the molecule is C[C@@H]1CN([C@@H](C)CO)C(=O)c2cccc(NS(=O)(=O)c3ccccc3)c2O[C@H]1CN(C)Cc1ccc(C(=O)O)cc1. The van der Waals surface area contributed by atoms with E-state index in [0.29, 0.717) is 19.6 Å². The molecule has 3 N–H and O–H groups in total. The summed E-state index contributed by atoms with van der Waals surface area (Å²) in [5.41, 5.74) is 1.46. The molecule has 0 fully saturated rings. The number of nitrogens with one attached hydrogen (secondary N) is 1. The van der Waals surface area contributed by atoms with Crippen molar-refractivity contribution in [3.05, 3.63) is 89.5 Å². The zero-order valence-corrected chi connectivity index (χ0v) is 24.0. The first-order chi connectivity index (χ1) is 19.5. The number of para-hydroxylation sites is 1. The minimum atomic E-state index is -3.97. The standard InChI is InChI=1S/C30H35N3O7S/c1-20-16-33(21(2)19-34)29(35)25-10-7-11-26(31-41(38,39)24-8-5-4-6-9-24)28(25)40-27(20)18-32(3)17-22-12-14-23(15-13-22)30(36)37/h4-15,20-21,27,31,34H,16-19H2,1-3H3,(H,36,37)/t20-,21+,27+/m1/s1. The average Bonchev–Trinajstić information content (AvgIpc) is 2.95. The number of aromatic carboxylic acids is 1. The van der Waals surface area contributed by atoms with Crippen LogP contribution < -0.4 is 9.46 Å². The molecule has 0 saturated heterocycles. The highest BCUT2D eigenvalue weighted by atomic mass is 32.2. The molecule has 1 aliphatic rings. The minimum absolute atomic E-state index is 0.0730. The molecule has 0 aromatic heterocycles. The zero-order valence-electron chi connectivity index (χ0n) is 23.2. The third kappa shape index (κ3) is 7.05. The lowest BCUT2D eigenvalue weighted by molar-refractivity contribution is 0.0343. The number of rotatable bonds is 10. The molecule has 0 unspecified atom stereocenters. The van der Waals surface area contributed by atoms with E-state index in [9.17, 15) is 28.2 Å². The number of sulfonamides is 1. The van der Waals surface area contributed by atoms with Crippen molar-refractivity contribution in [1.82, 2.24) is 9.80 Å². The molecule has 0 spiro atoms. The number of hydrogen-bond donors (Lipinski definition) is 3. The lowest BCUT2D eigenvalue weighted by atomic mass is 9.99. The maximum absolute atomic E-state index is 13.7. The molecule has 41 heavy (non-hydrogen) atoms. The van der Waals surface area contributed by atoms with Crippen LogP contribution in [0.25, 0.3) is 0 Å². The van der Waals surface area contributed by atoms with E-state index in [-0.39, 0.29) is 45.9 Å². The number of likely N-dealkylation sites (N-methyl/N-ethyl adjacent to an activating group) is 1. The van der Waals surface area contributed by atoms with Gasteiger partial charge >= 0.3 is 5.97 Å². The zero-order chi connectivity index (χ0) is 29.7. The molecule has 3 atom stereocenters. The molecule has 0 bridgehead atoms. The number of ether oxygens (including phenoxy) is 1. The van der Waals surface area contributed by atoms with Crippen LogP contribution in [0.1, 0.15) is 40.1 Å². The van der Waals surface area contributed by atoms with Gasteiger partial charge in [0.25, 0.3) is 15.9 Å². The third-order valence-corrected chi connectivity index (χ3v) is 8.52. The lowest BCUT2D eigenvalue weighted by Gasteiger charge is -2.38. The molecule has 1 heterocycles. The number of carbonyl (C=O) groups excluding carboxylic acids is 1. The van der Waals surface area contributed by atoms with Crippen LogP contribution in [0.15, 0.2) is 77.7 Å². The van der Waals surface area contributed by atoms with Gasteiger partial charge in [0, 0.05) is 25.6 Å². The first kappa shape index (κ1) is 30.0.